The summed E-state index contributed by atoms with van der Waals surface area (Å²) >= 11 is 6.18. The van der Waals surface area contributed by atoms with Gasteiger partial charge >= 0.3 is 5.97 Å². The average Bonchev–Trinajstić information content (AvgIpc) is 2.95. The van der Waals surface area contributed by atoms with Crippen molar-refractivity contribution in [1.82, 2.24) is 14.8 Å². The van der Waals surface area contributed by atoms with E-state index in [0.29, 0.717) is 33.5 Å². The van der Waals surface area contributed by atoms with E-state index >= 15 is 0 Å². The lowest BCUT2D eigenvalue weighted by atomic mass is 10.2. The Morgan fingerprint density at radius 3 is 2.79 bits per heavy atom. The van der Waals surface area contributed by atoms with Crippen molar-refractivity contribution in [2.75, 3.05) is 5.73 Å². The fourth-order valence-corrected chi connectivity index (χ4v) is 2.49. The first-order valence-electron chi connectivity index (χ1n) is 7.24. The number of nitrogens with two attached hydrogens (primary N) is 1. The molecule has 2 N–H and O–H groups in total. The standard InChI is InChI=1S/C17H15ClN4O2/c1-11-13(9-20-22(11)15-7-3-2-6-14(15)18)17(23)24-10-12-5-4-8-16(19)21-12/h2-9H,10H2,1H3,(H2,19,21). The van der Waals surface area contributed by atoms with Crippen LogP contribution in [0.3, 0.4) is 0 Å². The van der Waals surface area contributed by atoms with E-state index in [0.717, 1.165) is 0 Å². The number of pyridine rings is 1. The molecule has 1 aromatic carbocycles. The van der Waals surface area contributed by atoms with Crippen molar-refractivity contribution in [2.45, 2.75) is 13.5 Å². The van der Waals surface area contributed by atoms with Crippen molar-refractivity contribution in [3.63, 3.8) is 0 Å². The number of rotatable bonds is 4. The van der Waals surface area contributed by atoms with Crippen LogP contribution in [0.15, 0.2) is 48.7 Å². The van der Waals surface area contributed by atoms with E-state index in [1.54, 1.807) is 35.9 Å². The highest BCUT2D eigenvalue weighted by molar-refractivity contribution is 6.32. The molecule has 0 amide bonds. The SMILES string of the molecule is Cc1c(C(=O)OCc2cccc(N)n2)cnn1-c1ccccc1Cl. The molecule has 0 saturated heterocycles. The van der Waals surface area contributed by atoms with E-state index in [9.17, 15) is 4.79 Å². The average molecular weight is 343 g/mol. The van der Waals surface area contributed by atoms with E-state index in [1.807, 2.05) is 18.2 Å². The van der Waals surface area contributed by atoms with E-state index in [4.69, 9.17) is 22.1 Å². The zero-order chi connectivity index (χ0) is 17.1. The van der Waals surface area contributed by atoms with Crippen LogP contribution in [0.4, 0.5) is 5.82 Å². The van der Waals surface area contributed by atoms with E-state index in [2.05, 4.69) is 10.1 Å². The fourth-order valence-electron chi connectivity index (χ4n) is 2.27. The molecule has 2 heterocycles. The summed E-state index contributed by atoms with van der Waals surface area (Å²) in [5, 5.41) is 4.78. The molecule has 0 aliphatic rings. The molecule has 0 bridgehead atoms. The number of nitrogen functional groups attached to an aromatic ring is 1. The first kappa shape index (κ1) is 16.0. The normalized spacial score (nSPS) is 10.6. The maximum atomic E-state index is 12.3. The maximum Gasteiger partial charge on any atom is 0.342 e. The molecule has 0 aliphatic carbocycles. The predicted octanol–water partition coefficient (Wildman–Crippen LogP) is 3.17. The van der Waals surface area contributed by atoms with Crippen LogP contribution >= 0.6 is 11.6 Å². The van der Waals surface area contributed by atoms with Crippen LogP contribution in [0.2, 0.25) is 5.02 Å². The molecule has 7 heteroatoms. The molecular formula is C17H15ClN4O2. The second kappa shape index (κ2) is 6.72. The monoisotopic (exact) mass is 342 g/mol. The molecule has 0 radical (unpaired) electrons. The quantitative estimate of drug-likeness (QED) is 0.736. The molecule has 3 aromatic rings. The van der Waals surface area contributed by atoms with Gasteiger partial charge in [-0.3, -0.25) is 0 Å². The van der Waals surface area contributed by atoms with Crippen LogP contribution in [0, 0.1) is 6.92 Å². The van der Waals surface area contributed by atoms with Crippen LogP contribution in [-0.2, 0) is 11.3 Å². The summed E-state index contributed by atoms with van der Waals surface area (Å²) in [4.78, 5) is 16.4. The number of aromatic nitrogens is 3. The Morgan fingerprint density at radius 2 is 2.04 bits per heavy atom. The third-order valence-corrected chi connectivity index (χ3v) is 3.81. The Balaban J connectivity index is 1.78. The number of carbonyl (C=O) groups is 1. The largest absolute Gasteiger partial charge is 0.455 e. The molecule has 0 unspecified atom stereocenters. The Bertz CT molecular complexity index is 892. The van der Waals surface area contributed by atoms with Gasteiger partial charge in [0.1, 0.15) is 18.0 Å². The van der Waals surface area contributed by atoms with Gasteiger partial charge in [-0.05, 0) is 31.2 Å². The van der Waals surface area contributed by atoms with Crippen molar-refractivity contribution >= 4 is 23.4 Å². The van der Waals surface area contributed by atoms with Crippen LogP contribution in [-0.4, -0.2) is 20.7 Å². The summed E-state index contributed by atoms with van der Waals surface area (Å²) in [6, 6.07) is 12.4. The lowest BCUT2D eigenvalue weighted by Crippen LogP contribution is -2.08. The summed E-state index contributed by atoms with van der Waals surface area (Å²) < 4.78 is 6.89. The van der Waals surface area contributed by atoms with Gasteiger partial charge in [0.05, 0.1) is 28.3 Å². The molecule has 24 heavy (non-hydrogen) atoms. The summed E-state index contributed by atoms with van der Waals surface area (Å²) in [6.45, 7) is 1.83. The summed E-state index contributed by atoms with van der Waals surface area (Å²) in [5.41, 5.74) is 7.91. The number of esters is 1. The van der Waals surface area contributed by atoms with Crippen LogP contribution in [0.1, 0.15) is 21.7 Å². The van der Waals surface area contributed by atoms with Crippen LogP contribution in [0.5, 0.6) is 0 Å². The first-order valence-corrected chi connectivity index (χ1v) is 7.62. The molecule has 2 aromatic heterocycles. The third-order valence-electron chi connectivity index (χ3n) is 3.49. The smallest absolute Gasteiger partial charge is 0.342 e. The second-order valence-electron chi connectivity index (χ2n) is 5.14. The van der Waals surface area contributed by atoms with Crippen LogP contribution in [0.25, 0.3) is 5.69 Å². The number of para-hydroxylation sites is 1. The number of anilines is 1. The van der Waals surface area contributed by atoms with Crippen LogP contribution < -0.4 is 5.73 Å². The minimum atomic E-state index is -0.477. The van der Waals surface area contributed by atoms with Crippen molar-refractivity contribution in [2.24, 2.45) is 0 Å². The van der Waals surface area contributed by atoms with Gasteiger partial charge in [0.15, 0.2) is 0 Å². The molecule has 0 atom stereocenters. The lowest BCUT2D eigenvalue weighted by molar-refractivity contribution is 0.0467. The highest BCUT2D eigenvalue weighted by atomic mass is 35.5. The number of carbonyl (C=O) groups excluding carboxylic acids is 1. The fraction of sp³-hybridized carbons (Fsp3) is 0.118. The summed E-state index contributed by atoms with van der Waals surface area (Å²) in [6.07, 6.45) is 1.47. The number of hydrogen-bond acceptors (Lipinski definition) is 5. The van der Waals surface area contributed by atoms with Gasteiger partial charge in [-0.2, -0.15) is 5.10 Å². The van der Waals surface area contributed by atoms with Crippen molar-refractivity contribution in [1.29, 1.82) is 0 Å². The van der Waals surface area contributed by atoms with E-state index in [1.165, 1.54) is 6.20 Å². The third kappa shape index (κ3) is 3.23. The zero-order valence-corrected chi connectivity index (χ0v) is 13.7. The molecule has 3 rings (SSSR count). The highest BCUT2D eigenvalue weighted by Crippen LogP contribution is 2.22. The topological polar surface area (TPSA) is 83.0 Å². The van der Waals surface area contributed by atoms with Crippen molar-refractivity contribution in [3.05, 3.63) is 70.6 Å². The summed E-state index contributed by atoms with van der Waals surface area (Å²) in [7, 11) is 0. The van der Waals surface area contributed by atoms with Gasteiger partial charge in [0, 0.05) is 0 Å². The van der Waals surface area contributed by atoms with Gasteiger partial charge in [0.2, 0.25) is 0 Å². The molecule has 0 spiro atoms. The van der Waals surface area contributed by atoms with E-state index < -0.39 is 5.97 Å². The molecule has 122 valence electrons. The Kier molecular flexibility index (Phi) is 4.48. The number of hydrogen-bond donors (Lipinski definition) is 1. The zero-order valence-electron chi connectivity index (χ0n) is 12.9. The van der Waals surface area contributed by atoms with Gasteiger partial charge < -0.3 is 10.5 Å². The Labute approximate surface area is 143 Å². The van der Waals surface area contributed by atoms with Gasteiger partial charge in [-0.1, -0.05) is 29.8 Å². The minimum absolute atomic E-state index is 0.0422. The summed E-state index contributed by atoms with van der Waals surface area (Å²) in [5.74, 6) is -0.0960. The predicted molar refractivity (Wildman–Crippen MR) is 91.1 cm³/mol. The van der Waals surface area contributed by atoms with E-state index in [-0.39, 0.29) is 6.61 Å². The lowest BCUT2D eigenvalue weighted by Gasteiger charge is -2.07. The maximum absolute atomic E-state index is 12.3. The second-order valence-corrected chi connectivity index (χ2v) is 5.54. The van der Waals surface area contributed by atoms with Gasteiger partial charge in [-0.25, -0.2) is 14.5 Å². The molecule has 0 saturated carbocycles. The number of halogens is 1. The Morgan fingerprint density at radius 1 is 1.25 bits per heavy atom. The van der Waals surface area contributed by atoms with Crippen molar-refractivity contribution in [3.8, 4) is 5.69 Å². The highest BCUT2D eigenvalue weighted by Gasteiger charge is 2.17. The molecule has 0 fully saturated rings. The minimum Gasteiger partial charge on any atom is -0.455 e. The molecule has 6 nitrogen and oxygen atoms in total. The molecule has 0 aliphatic heterocycles. The van der Waals surface area contributed by atoms with Gasteiger partial charge in [0.25, 0.3) is 0 Å². The number of benzene rings is 1. The number of nitrogens with zero attached hydrogens (tertiary/aromatic N) is 3. The first-order chi connectivity index (χ1) is 11.6. The molecular weight excluding hydrogens is 328 g/mol. The van der Waals surface area contributed by atoms with Gasteiger partial charge in [-0.15, -0.1) is 0 Å². The number of ether oxygens (including phenoxy) is 1. The van der Waals surface area contributed by atoms with Crippen molar-refractivity contribution < 1.29 is 9.53 Å². The Hall–Kier alpha value is -2.86.